The second-order valence-electron chi connectivity index (χ2n) is 9.22. The third kappa shape index (κ3) is 5.15. The molecule has 0 bridgehead atoms. The van der Waals surface area contributed by atoms with Gasteiger partial charge in [-0.2, -0.15) is 15.0 Å². The summed E-state index contributed by atoms with van der Waals surface area (Å²) < 4.78 is 7.29. The number of rotatable bonds is 7. The highest BCUT2D eigenvalue weighted by Crippen LogP contribution is 2.32. The van der Waals surface area contributed by atoms with Gasteiger partial charge in [0.2, 0.25) is 0 Å². The summed E-state index contributed by atoms with van der Waals surface area (Å²) in [5.74, 6) is 1.04. The highest BCUT2D eigenvalue weighted by molar-refractivity contribution is 5.85. The predicted molar refractivity (Wildman–Crippen MR) is 143 cm³/mol. The van der Waals surface area contributed by atoms with E-state index in [2.05, 4.69) is 11.2 Å². The Balaban J connectivity index is 1.56. The molecule has 1 fully saturated rings. The summed E-state index contributed by atoms with van der Waals surface area (Å²) in [5.41, 5.74) is 1.71. The molecule has 0 spiro atoms. The van der Waals surface area contributed by atoms with Crippen LogP contribution in [0, 0.1) is 21.4 Å². The lowest BCUT2D eigenvalue weighted by Crippen LogP contribution is -2.25. The van der Waals surface area contributed by atoms with E-state index in [1.165, 1.54) is 29.1 Å². The van der Waals surface area contributed by atoms with Crippen LogP contribution in [0.1, 0.15) is 60.5 Å². The first kappa shape index (κ1) is 24.8. The van der Waals surface area contributed by atoms with E-state index in [9.17, 15) is 20.2 Å². The maximum absolute atomic E-state index is 13.5. The zero-order valence-corrected chi connectivity index (χ0v) is 20.6. The summed E-state index contributed by atoms with van der Waals surface area (Å²) in [6.45, 7) is 0.0905. The molecular formula is C29H25N5O4. The van der Waals surface area contributed by atoms with E-state index in [4.69, 9.17) is 9.72 Å². The fourth-order valence-electron chi connectivity index (χ4n) is 4.79. The number of ether oxygens (including phenoxy) is 1. The van der Waals surface area contributed by atoms with E-state index in [1.807, 2.05) is 18.2 Å². The number of aromatic nitrogens is 2. The van der Waals surface area contributed by atoms with Crippen molar-refractivity contribution in [3.05, 3.63) is 110 Å². The molecule has 9 heteroatoms. The minimum Gasteiger partial charge on any atom is -0.488 e. The second kappa shape index (κ2) is 11.0. The number of nitrogens with zero attached hydrogens (tertiary/aromatic N) is 5. The molecular weight excluding hydrogens is 482 g/mol. The average molecular weight is 508 g/mol. The van der Waals surface area contributed by atoms with Gasteiger partial charge in [-0.1, -0.05) is 49.6 Å². The Morgan fingerprint density at radius 2 is 1.87 bits per heavy atom. The molecule has 0 N–H and O–H groups in total. The number of para-hydroxylation sites is 1. The van der Waals surface area contributed by atoms with Crippen LogP contribution in [0.15, 0.2) is 76.6 Å². The normalized spacial score (nSPS) is 14.0. The Hall–Kier alpha value is -4.84. The number of hydrogen-bond donors (Lipinski definition) is 0. The minimum atomic E-state index is -0.497. The standard InChI is InChI=1S/C29H25N5O4/c30-17-21-10-4-5-11-22(21)19-38-27-15-14-24(34(36)37)16-23(27)18-31-33-28(20-8-2-1-3-9-20)32-26-13-7-6-12-25(26)29(33)35/h4-7,10-16,18,20H,1-3,8-9,19H2. The summed E-state index contributed by atoms with van der Waals surface area (Å²) in [6, 6.07) is 20.6. The van der Waals surface area contributed by atoms with Crippen LogP contribution in [0.4, 0.5) is 5.69 Å². The van der Waals surface area contributed by atoms with E-state index >= 15 is 0 Å². The van der Waals surface area contributed by atoms with Gasteiger partial charge in [-0.15, -0.1) is 0 Å². The van der Waals surface area contributed by atoms with Gasteiger partial charge in [-0.3, -0.25) is 14.9 Å². The molecule has 1 heterocycles. The number of fused-ring (bicyclic) bond motifs is 1. The number of hydrogen-bond acceptors (Lipinski definition) is 7. The third-order valence-corrected chi connectivity index (χ3v) is 6.79. The van der Waals surface area contributed by atoms with Gasteiger partial charge in [0, 0.05) is 29.2 Å². The number of nitro groups is 1. The Morgan fingerprint density at radius 1 is 1.11 bits per heavy atom. The number of nitriles is 1. The largest absolute Gasteiger partial charge is 0.488 e. The van der Waals surface area contributed by atoms with Crippen molar-refractivity contribution >= 4 is 22.8 Å². The second-order valence-corrected chi connectivity index (χ2v) is 9.22. The summed E-state index contributed by atoms with van der Waals surface area (Å²) in [4.78, 5) is 29.3. The molecule has 1 aliphatic rings. The lowest BCUT2D eigenvalue weighted by Gasteiger charge is -2.22. The molecule has 0 aliphatic heterocycles. The van der Waals surface area contributed by atoms with Gasteiger partial charge < -0.3 is 4.74 Å². The van der Waals surface area contributed by atoms with E-state index in [0.29, 0.717) is 39.2 Å². The van der Waals surface area contributed by atoms with Crippen molar-refractivity contribution in [3.8, 4) is 11.8 Å². The van der Waals surface area contributed by atoms with E-state index < -0.39 is 4.92 Å². The summed E-state index contributed by atoms with van der Waals surface area (Å²) in [6.07, 6.45) is 6.52. The summed E-state index contributed by atoms with van der Waals surface area (Å²) in [7, 11) is 0. The Kier molecular flexibility index (Phi) is 7.22. The van der Waals surface area contributed by atoms with Gasteiger partial charge in [-0.25, -0.2) is 4.98 Å². The van der Waals surface area contributed by atoms with Crippen molar-refractivity contribution in [1.29, 1.82) is 5.26 Å². The highest BCUT2D eigenvalue weighted by atomic mass is 16.6. The highest BCUT2D eigenvalue weighted by Gasteiger charge is 2.22. The van der Waals surface area contributed by atoms with Crippen LogP contribution >= 0.6 is 0 Å². The van der Waals surface area contributed by atoms with Gasteiger partial charge in [-0.05, 0) is 37.1 Å². The Labute approximate surface area is 218 Å². The first-order chi connectivity index (χ1) is 18.5. The number of nitro benzene ring substituents is 1. The summed E-state index contributed by atoms with van der Waals surface area (Å²) in [5, 5.41) is 25.8. The lowest BCUT2D eigenvalue weighted by molar-refractivity contribution is -0.384. The molecule has 1 aromatic heterocycles. The minimum absolute atomic E-state index is 0.0905. The van der Waals surface area contributed by atoms with E-state index in [0.717, 1.165) is 32.1 Å². The van der Waals surface area contributed by atoms with Gasteiger partial charge in [0.15, 0.2) is 0 Å². The smallest absolute Gasteiger partial charge is 0.282 e. The van der Waals surface area contributed by atoms with Crippen molar-refractivity contribution in [3.63, 3.8) is 0 Å². The fraction of sp³-hybridized carbons (Fsp3) is 0.241. The molecule has 0 radical (unpaired) electrons. The van der Waals surface area contributed by atoms with Crippen LogP contribution in [0.3, 0.4) is 0 Å². The first-order valence-corrected chi connectivity index (χ1v) is 12.5. The van der Waals surface area contributed by atoms with Crippen LogP contribution < -0.4 is 10.3 Å². The molecule has 4 aromatic rings. The third-order valence-electron chi connectivity index (χ3n) is 6.79. The molecule has 9 nitrogen and oxygen atoms in total. The summed E-state index contributed by atoms with van der Waals surface area (Å²) >= 11 is 0. The zero-order chi connectivity index (χ0) is 26.5. The first-order valence-electron chi connectivity index (χ1n) is 12.5. The van der Waals surface area contributed by atoms with Crippen LogP contribution in [0.25, 0.3) is 10.9 Å². The maximum atomic E-state index is 13.5. The van der Waals surface area contributed by atoms with Crippen LogP contribution in [-0.2, 0) is 6.61 Å². The fourth-order valence-corrected chi connectivity index (χ4v) is 4.79. The zero-order valence-electron chi connectivity index (χ0n) is 20.6. The average Bonchev–Trinajstić information content (AvgIpc) is 2.96. The van der Waals surface area contributed by atoms with E-state index in [-0.39, 0.29) is 23.8 Å². The lowest BCUT2D eigenvalue weighted by atomic mass is 9.88. The quantitative estimate of drug-likeness (QED) is 0.180. The molecule has 1 aliphatic carbocycles. The topological polar surface area (TPSA) is 123 Å². The predicted octanol–water partition coefficient (Wildman–Crippen LogP) is 5.69. The van der Waals surface area contributed by atoms with E-state index in [1.54, 1.807) is 30.3 Å². The molecule has 190 valence electrons. The Morgan fingerprint density at radius 3 is 2.66 bits per heavy atom. The van der Waals surface area contributed by atoms with Gasteiger partial charge in [0.05, 0.1) is 33.7 Å². The van der Waals surface area contributed by atoms with Crippen molar-refractivity contribution < 1.29 is 9.66 Å². The van der Waals surface area contributed by atoms with Crippen LogP contribution in [-0.4, -0.2) is 20.8 Å². The van der Waals surface area contributed by atoms with Gasteiger partial charge >= 0.3 is 0 Å². The number of benzene rings is 3. The molecule has 0 atom stereocenters. The van der Waals surface area contributed by atoms with Gasteiger partial charge in [0.25, 0.3) is 11.2 Å². The van der Waals surface area contributed by atoms with Crippen molar-refractivity contribution in [2.45, 2.75) is 44.6 Å². The molecule has 0 saturated heterocycles. The molecule has 0 unspecified atom stereocenters. The molecule has 5 rings (SSSR count). The maximum Gasteiger partial charge on any atom is 0.282 e. The molecule has 1 saturated carbocycles. The monoisotopic (exact) mass is 507 g/mol. The van der Waals surface area contributed by atoms with Crippen LogP contribution in [0.5, 0.6) is 5.75 Å². The Bertz CT molecular complexity index is 1630. The number of non-ortho nitro benzene ring substituents is 1. The molecule has 38 heavy (non-hydrogen) atoms. The SMILES string of the molecule is N#Cc1ccccc1COc1ccc([N+](=O)[O-])cc1C=Nn1c(C2CCCCC2)nc2ccccc2c1=O. The molecule has 3 aromatic carbocycles. The van der Waals surface area contributed by atoms with Crippen molar-refractivity contribution in [1.82, 2.24) is 9.66 Å². The van der Waals surface area contributed by atoms with Crippen molar-refractivity contribution in [2.75, 3.05) is 0 Å². The van der Waals surface area contributed by atoms with Gasteiger partial charge in [0.1, 0.15) is 18.2 Å². The molecule has 0 amide bonds. The van der Waals surface area contributed by atoms with Crippen LogP contribution in [0.2, 0.25) is 0 Å². The van der Waals surface area contributed by atoms with Crippen molar-refractivity contribution in [2.24, 2.45) is 5.10 Å².